The van der Waals surface area contributed by atoms with Gasteiger partial charge in [-0.05, 0) is 31.5 Å². The molecule has 0 radical (unpaired) electrons. The summed E-state index contributed by atoms with van der Waals surface area (Å²) in [6.07, 6.45) is 4.68. The van der Waals surface area contributed by atoms with E-state index in [1.54, 1.807) is 12.1 Å². The quantitative estimate of drug-likeness (QED) is 0.571. The maximum atomic E-state index is 12.0. The third kappa shape index (κ3) is 4.89. The Morgan fingerprint density at radius 2 is 1.95 bits per heavy atom. The molecule has 6 heteroatoms. The monoisotopic (exact) mass is 313 g/mol. The van der Waals surface area contributed by atoms with Crippen LogP contribution in [0.5, 0.6) is 0 Å². The van der Waals surface area contributed by atoms with Crippen LogP contribution in [0.1, 0.15) is 39.5 Å². The second-order valence-corrected chi connectivity index (χ2v) is 7.73. The van der Waals surface area contributed by atoms with E-state index in [2.05, 4.69) is 19.2 Å². The molecule has 0 saturated heterocycles. The number of sulfonamides is 1. The maximum absolute atomic E-state index is 12.0. The molecule has 0 spiro atoms. The van der Waals surface area contributed by atoms with Gasteiger partial charge in [0.1, 0.15) is 0 Å². The van der Waals surface area contributed by atoms with Gasteiger partial charge in [-0.25, -0.2) is 12.7 Å². The molecule has 0 aliphatic rings. The van der Waals surface area contributed by atoms with Crippen LogP contribution in [0.3, 0.4) is 0 Å². The highest BCUT2D eigenvalue weighted by atomic mass is 32.2. The summed E-state index contributed by atoms with van der Waals surface area (Å²) in [5.41, 5.74) is 7.22. The molecule has 1 rings (SSSR count). The topological polar surface area (TPSA) is 75.4 Å². The van der Waals surface area contributed by atoms with Gasteiger partial charge in [-0.2, -0.15) is 0 Å². The van der Waals surface area contributed by atoms with Crippen molar-refractivity contribution in [1.29, 1.82) is 0 Å². The standard InChI is InChI=1S/C15H27N3O2S/c1-5-6-7-8-12(2)17-15-10-9-13(11-14(15)16)21(19,20)18(3)4/h9-12,17H,5-8,16H2,1-4H3. The van der Waals surface area contributed by atoms with Gasteiger partial charge in [0, 0.05) is 20.1 Å². The van der Waals surface area contributed by atoms with E-state index in [1.807, 2.05) is 0 Å². The van der Waals surface area contributed by atoms with Crippen LogP contribution in [0.4, 0.5) is 11.4 Å². The lowest BCUT2D eigenvalue weighted by molar-refractivity contribution is 0.521. The molecule has 120 valence electrons. The Balaban J connectivity index is 2.80. The van der Waals surface area contributed by atoms with Gasteiger partial charge in [-0.1, -0.05) is 26.2 Å². The lowest BCUT2D eigenvalue weighted by Crippen LogP contribution is -2.22. The molecule has 0 amide bonds. The van der Waals surface area contributed by atoms with E-state index in [9.17, 15) is 8.42 Å². The molecule has 1 unspecified atom stereocenters. The highest BCUT2D eigenvalue weighted by Gasteiger charge is 2.18. The Kier molecular flexibility index (Phi) is 6.48. The molecule has 1 aromatic carbocycles. The fraction of sp³-hybridized carbons (Fsp3) is 0.600. The first-order valence-electron chi connectivity index (χ1n) is 7.37. The SMILES string of the molecule is CCCCCC(C)Nc1ccc(S(=O)(=O)N(C)C)cc1N. The molecule has 3 N–H and O–H groups in total. The molecule has 0 aromatic heterocycles. The van der Waals surface area contributed by atoms with Crippen LogP contribution in [0, 0.1) is 0 Å². The van der Waals surface area contributed by atoms with Crippen molar-refractivity contribution < 1.29 is 8.42 Å². The van der Waals surface area contributed by atoms with Gasteiger partial charge < -0.3 is 11.1 Å². The summed E-state index contributed by atoms with van der Waals surface area (Å²) in [5.74, 6) is 0. The molecule has 1 aromatic rings. The molecular weight excluding hydrogens is 286 g/mol. The van der Waals surface area contributed by atoms with Gasteiger partial charge >= 0.3 is 0 Å². The molecule has 0 saturated carbocycles. The Bertz CT molecular complexity index is 556. The molecule has 0 heterocycles. The Labute approximate surface area is 128 Å². The fourth-order valence-corrected chi connectivity index (χ4v) is 3.02. The Morgan fingerprint density at radius 1 is 1.29 bits per heavy atom. The lowest BCUT2D eigenvalue weighted by Gasteiger charge is -2.18. The molecular formula is C15H27N3O2S. The van der Waals surface area contributed by atoms with Crippen molar-refractivity contribution in [1.82, 2.24) is 4.31 Å². The Hall–Kier alpha value is -1.27. The minimum absolute atomic E-state index is 0.217. The zero-order valence-electron chi connectivity index (χ0n) is 13.4. The molecule has 0 aliphatic carbocycles. The highest BCUT2D eigenvalue weighted by molar-refractivity contribution is 7.89. The van der Waals surface area contributed by atoms with E-state index in [-0.39, 0.29) is 4.90 Å². The average Bonchev–Trinajstić information content (AvgIpc) is 2.41. The molecule has 21 heavy (non-hydrogen) atoms. The fourth-order valence-electron chi connectivity index (χ4n) is 2.08. The van der Waals surface area contributed by atoms with E-state index in [0.29, 0.717) is 11.7 Å². The number of nitrogens with two attached hydrogens (primary N) is 1. The first-order chi connectivity index (χ1) is 9.78. The van der Waals surface area contributed by atoms with E-state index >= 15 is 0 Å². The molecule has 0 bridgehead atoms. The minimum Gasteiger partial charge on any atom is -0.397 e. The van der Waals surface area contributed by atoms with Crippen LogP contribution in [0.25, 0.3) is 0 Å². The number of hydrogen-bond donors (Lipinski definition) is 2. The number of nitrogens with one attached hydrogen (secondary N) is 1. The molecule has 5 nitrogen and oxygen atoms in total. The minimum atomic E-state index is -3.44. The first-order valence-corrected chi connectivity index (χ1v) is 8.81. The van der Waals surface area contributed by atoms with Gasteiger partial charge in [-0.3, -0.25) is 0 Å². The van der Waals surface area contributed by atoms with Crippen LogP contribution in [0.15, 0.2) is 23.1 Å². The van der Waals surface area contributed by atoms with Crippen molar-refractivity contribution in [3.8, 4) is 0 Å². The summed E-state index contributed by atoms with van der Waals surface area (Å²) in [6.45, 7) is 4.29. The maximum Gasteiger partial charge on any atom is 0.242 e. The average molecular weight is 313 g/mol. The number of anilines is 2. The van der Waals surface area contributed by atoms with Crippen LogP contribution >= 0.6 is 0 Å². The van der Waals surface area contributed by atoms with Crippen molar-refractivity contribution in [2.24, 2.45) is 0 Å². The van der Waals surface area contributed by atoms with E-state index in [1.165, 1.54) is 43.7 Å². The summed E-state index contributed by atoms with van der Waals surface area (Å²) in [7, 11) is -0.422. The van der Waals surface area contributed by atoms with E-state index in [4.69, 9.17) is 5.73 Å². The van der Waals surface area contributed by atoms with E-state index in [0.717, 1.165) is 12.1 Å². The smallest absolute Gasteiger partial charge is 0.242 e. The van der Waals surface area contributed by atoms with Crippen molar-refractivity contribution in [3.05, 3.63) is 18.2 Å². The van der Waals surface area contributed by atoms with Gasteiger partial charge in [0.2, 0.25) is 10.0 Å². The van der Waals surface area contributed by atoms with Crippen molar-refractivity contribution in [2.45, 2.75) is 50.5 Å². The van der Waals surface area contributed by atoms with Crippen molar-refractivity contribution in [2.75, 3.05) is 25.1 Å². The summed E-state index contributed by atoms with van der Waals surface area (Å²) in [4.78, 5) is 0.217. The summed E-state index contributed by atoms with van der Waals surface area (Å²) in [6, 6.07) is 5.15. The number of unbranched alkanes of at least 4 members (excludes halogenated alkanes) is 2. The van der Waals surface area contributed by atoms with E-state index < -0.39 is 10.0 Å². The molecule has 1 atom stereocenters. The summed E-state index contributed by atoms with van der Waals surface area (Å²) in [5, 5.41) is 3.34. The lowest BCUT2D eigenvalue weighted by atomic mass is 10.1. The molecule has 0 fully saturated rings. The predicted octanol–water partition coefficient (Wildman–Crippen LogP) is 2.90. The third-order valence-corrected chi connectivity index (χ3v) is 5.26. The Morgan fingerprint density at radius 3 is 2.48 bits per heavy atom. The van der Waals surface area contributed by atoms with Gasteiger partial charge in [0.25, 0.3) is 0 Å². The second-order valence-electron chi connectivity index (χ2n) is 5.58. The largest absolute Gasteiger partial charge is 0.397 e. The van der Waals surface area contributed by atoms with Crippen molar-refractivity contribution >= 4 is 21.4 Å². The third-order valence-electron chi connectivity index (χ3n) is 3.44. The zero-order chi connectivity index (χ0) is 16.0. The van der Waals surface area contributed by atoms with Crippen LogP contribution in [-0.2, 0) is 10.0 Å². The zero-order valence-corrected chi connectivity index (χ0v) is 14.2. The number of nitrogen functional groups attached to an aromatic ring is 1. The second kappa shape index (κ2) is 7.66. The number of nitrogens with zero attached hydrogens (tertiary/aromatic N) is 1. The van der Waals surface area contributed by atoms with Gasteiger partial charge in [0.05, 0.1) is 16.3 Å². The van der Waals surface area contributed by atoms with Gasteiger partial charge in [0.15, 0.2) is 0 Å². The van der Waals surface area contributed by atoms with Crippen LogP contribution in [-0.4, -0.2) is 32.9 Å². The molecule has 0 aliphatic heterocycles. The number of benzene rings is 1. The van der Waals surface area contributed by atoms with Crippen molar-refractivity contribution in [3.63, 3.8) is 0 Å². The highest BCUT2D eigenvalue weighted by Crippen LogP contribution is 2.25. The number of hydrogen-bond acceptors (Lipinski definition) is 4. The normalized spacial score (nSPS) is 13.4. The van der Waals surface area contributed by atoms with Gasteiger partial charge in [-0.15, -0.1) is 0 Å². The summed E-state index contributed by atoms with van der Waals surface area (Å²) < 4.78 is 25.3. The first kappa shape index (κ1) is 17.8. The van der Waals surface area contributed by atoms with Crippen LogP contribution < -0.4 is 11.1 Å². The number of rotatable bonds is 8. The summed E-state index contributed by atoms with van der Waals surface area (Å²) >= 11 is 0. The predicted molar refractivity (Wildman–Crippen MR) is 89.0 cm³/mol. The van der Waals surface area contributed by atoms with Crippen LogP contribution in [0.2, 0.25) is 0 Å².